The average molecular weight is 451 g/mol. The molecule has 5 unspecified atom stereocenters. The zero-order valence-corrected chi connectivity index (χ0v) is 19.6. The Kier molecular flexibility index (Phi) is 7.64. The molecule has 0 aromatic heterocycles. The van der Waals surface area contributed by atoms with Gasteiger partial charge in [-0.25, -0.2) is 0 Å². The van der Waals surface area contributed by atoms with E-state index in [1.165, 1.54) is 13.2 Å². The van der Waals surface area contributed by atoms with Crippen molar-refractivity contribution < 1.29 is 38.1 Å². The summed E-state index contributed by atoms with van der Waals surface area (Å²) in [7, 11) is 0. The van der Waals surface area contributed by atoms with E-state index in [4.69, 9.17) is 23.7 Å². The minimum absolute atomic E-state index is 0.0196. The van der Waals surface area contributed by atoms with Gasteiger partial charge in [-0.15, -0.1) is 0 Å². The van der Waals surface area contributed by atoms with Gasteiger partial charge in [0.15, 0.2) is 6.10 Å². The molecule has 0 bridgehead atoms. The molecule has 0 aromatic rings. The molecular formula is C24H34O8. The van der Waals surface area contributed by atoms with Gasteiger partial charge in [-0.3, -0.25) is 14.4 Å². The van der Waals surface area contributed by atoms with E-state index in [9.17, 15) is 14.4 Å². The fourth-order valence-corrected chi connectivity index (χ4v) is 3.99. The largest absolute Gasteiger partial charge is 0.461 e. The van der Waals surface area contributed by atoms with Gasteiger partial charge in [0.2, 0.25) is 6.29 Å². The summed E-state index contributed by atoms with van der Waals surface area (Å²) in [4.78, 5) is 36.1. The number of epoxide rings is 1. The van der Waals surface area contributed by atoms with Crippen LogP contribution in [-0.2, 0) is 38.1 Å². The highest BCUT2D eigenvalue weighted by atomic mass is 16.7. The van der Waals surface area contributed by atoms with Gasteiger partial charge in [0.1, 0.15) is 12.2 Å². The van der Waals surface area contributed by atoms with Crippen LogP contribution in [0.5, 0.6) is 0 Å². The van der Waals surface area contributed by atoms with Gasteiger partial charge in [0.25, 0.3) is 0 Å². The van der Waals surface area contributed by atoms with Crippen LogP contribution in [0.4, 0.5) is 0 Å². The lowest BCUT2D eigenvalue weighted by molar-refractivity contribution is -0.182. The summed E-state index contributed by atoms with van der Waals surface area (Å²) in [6, 6.07) is 0. The molecule has 32 heavy (non-hydrogen) atoms. The first kappa shape index (κ1) is 24.3. The first-order valence-corrected chi connectivity index (χ1v) is 11.4. The lowest BCUT2D eigenvalue weighted by Crippen LogP contribution is -2.45. The predicted octanol–water partition coefficient (Wildman–Crippen LogP) is 3.44. The fourth-order valence-electron chi connectivity index (χ4n) is 3.99. The zero-order valence-electron chi connectivity index (χ0n) is 19.6. The second-order valence-electron chi connectivity index (χ2n) is 9.43. The van der Waals surface area contributed by atoms with Crippen molar-refractivity contribution in [1.29, 1.82) is 0 Å². The second-order valence-corrected chi connectivity index (χ2v) is 9.43. The molecule has 1 spiro atoms. The van der Waals surface area contributed by atoms with E-state index in [2.05, 4.69) is 0 Å². The quantitative estimate of drug-likeness (QED) is 0.299. The molecule has 0 saturated carbocycles. The number of hydrogen-bond donors (Lipinski definition) is 0. The Morgan fingerprint density at radius 1 is 1.16 bits per heavy atom. The first-order chi connectivity index (χ1) is 15.1. The van der Waals surface area contributed by atoms with Gasteiger partial charge >= 0.3 is 17.9 Å². The lowest BCUT2D eigenvalue weighted by atomic mass is 9.75. The molecule has 0 aromatic carbocycles. The second kappa shape index (κ2) is 10.1. The predicted molar refractivity (Wildman–Crippen MR) is 114 cm³/mol. The number of ether oxygens (including phenoxy) is 5. The molecule has 2 heterocycles. The topological polar surface area (TPSA) is 101 Å². The van der Waals surface area contributed by atoms with Gasteiger partial charge in [0.05, 0.1) is 18.8 Å². The average Bonchev–Trinajstić information content (AvgIpc) is 3.47. The number of fused-ring (bicyclic) bond motifs is 1. The van der Waals surface area contributed by atoms with Crippen LogP contribution in [-0.4, -0.2) is 49.1 Å². The standard InChI is InChI=1S/C24H34O8/c1-6-15(4)8-22(27)31-20-9-18-17(11-28-16(5)25)12-29-23(32-21(26)7-14(2)3)19(18)10-24(20)13-30-24/h9,12,14-15,19-20,23H,6-8,10-11,13H2,1-5H3. The molecule has 8 nitrogen and oxygen atoms in total. The Bertz CT molecular complexity index is 792. The van der Waals surface area contributed by atoms with E-state index in [0.29, 0.717) is 25.0 Å². The SMILES string of the molecule is CCC(C)CC(=O)OC1C=C2C(COC(C)=O)=COC(OC(=O)CC(C)C)C2CC12CO2. The molecule has 0 radical (unpaired) electrons. The molecular weight excluding hydrogens is 416 g/mol. The number of carbonyl (C=O) groups is 3. The van der Waals surface area contributed by atoms with Crippen molar-refractivity contribution in [2.45, 2.75) is 78.3 Å². The summed E-state index contributed by atoms with van der Waals surface area (Å²) >= 11 is 0. The van der Waals surface area contributed by atoms with Crippen LogP contribution in [0.25, 0.3) is 0 Å². The summed E-state index contributed by atoms with van der Waals surface area (Å²) in [6.07, 6.45) is 3.91. The van der Waals surface area contributed by atoms with E-state index < -0.39 is 24.0 Å². The summed E-state index contributed by atoms with van der Waals surface area (Å²) in [5.74, 6) is -0.942. The smallest absolute Gasteiger partial charge is 0.309 e. The molecule has 5 atom stereocenters. The van der Waals surface area contributed by atoms with E-state index in [1.54, 1.807) is 0 Å². The molecule has 3 rings (SSSR count). The maximum atomic E-state index is 12.5. The van der Waals surface area contributed by atoms with E-state index in [-0.39, 0.29) is 42.7 Å². The molecule has 0 N–H and O–H groups in total. The van der Waals surface area contributed by atoms with Crippen molar-refractivity contribution in [3.63, 3.8) is 0 Å². The minimum Gasteiger partial charge on any atom is -0.461 e. The van der Waals surface area contributed by atoms with Crippen LogP contribution in [0.3, 0.4) is 0 Å². The van der Waals surface area contributed by atoms with Crippen LogP contribution in [0.15, 0.2) is 23.5 Å². The third-order valence-corrected chi connectivity index (χ3v) is 6.10. The van der Waals surface area contributed by atoms with E-state index >= 15 is 0 Å². The van der Waals surface area contributed by atoms with Crippen molar-refractivity contribution in [2.75, 3.05) is 13.2 Å². The first-order valence-electron chi connectivity index (χ1n) is 11.4. The molecule has 1 aliphatic carbocycles. The Balaban J connectivity index is 1.83. The lowest BCUT2D eigenvalue weighted by Gasteiger charge is -2.39. The van der Waals surface area contributed by atoms with Gasteiger partial charge in [-0.2, -0.15) is 0 Å². The van der Waals surface area contributed by atoms with Crippen molar-refractivity contribution in [3.8, 4) is 0 Å². The number of esters is 3. The van der Waals surface area contributed by atoms with Crippen molar-refractivity contribution in [2.24, 2.45) is 17.8 Å². The van der Waals surface area contributed by atoms with Crippen LogP contribution in [0.2, 0.25) is 0 Å². The molecule has 8 heteroatoms. The van der Waals surface area contributed by atoms with Crippen LogP contribution < -0.4 is 0 Å². The van der Waals surface area contributed by atoms with Crippen molar-refractivity contribution >= 4 is 17.9 Å². The number of hydrogen-bond acceptors (Lipinski definition) is 8. The maximum Gasteiger partial charge on any atom is 0.309 e. The number of carbonyl (C=O) groups excluding carboxylic acids is 3. The molecule has 0 amide bonds. The van der Waals surface area contributed by atoms with Gasteiger partial charge in [-0.05, 0) is 29.9 Å². The van der Waals surface area contributed by atoms with E-state index in [0.717, 1.165) is 12.0 Å². The molecule has 2 aliphatic heterocycles. The van der Waals surface area contributed by atoms with Crippen molar-refractivity contribution in [1.82, 2.24) is 0 Å². The maximum absolute atomic E-state index is 12.5. The minimum atomic E-state index is -0.814. The summed E-state index contributed by atoms with van der Waals surface area (Å²) in [6.45, 7) is 9.73. The molecule has 178 valence electrons. The molecule has 1 saturated heterocycles. The Morgan fingerprint density at radius 2 is 1.84 bits per heavy atom. The Labute approximate surface area is 189 Å². The highest BCUT2D eigenvalue weighted by Crippen LogP contribution is 2.49. The highest BCUT2D eigenvalue weighted by molar-refractivity contribution is 5.71. The summed E-state index contributed by atoms with van der Waals surface area (Å²) in [5.41, 5.74) is 0.803. The summed E-state index contributed by atoms with van der Waals surface area (Å²) < 4.78 is 28.1. The van der Waals surface area contributed by atoms with Gasteiger partial charge < -0.3 is 23.7 Å². The van der Waals surface area contributed by atoms with Crippen molar-refractivity contribution in [3.05, 3.63) is 23.5 Å². The Morgan fingerprint density at radius 3 is 2.44 bits per heavy atom. The Hall–Kier alpha value is -2.35. The van der Waals surface area contributed by atoms with Gasteiger partial charge in [0, 0.05) is 25.3 Å². The van der Waals surface area contributed by atoms with Crippen LogP contribution in [0.1, 0.15) is 60.3 Å². The number of rotatable bonds is 9. The molecule has 3 aliphatic rings. The summed E-state index contributed by atoms with van der Waals surface area (Å²) in [5, 5.41) is 0. The zero-order chi connectivity index (χ0) is 23.5. The van der Waals surface area contributed by atoms with Crippen LogP contribution >= 0.6 is 0 Å². The third kappa shape index (κ3) is 5.91. The monoisotopic (exact) mass is 450 g/mol. The molecule has 1 fully saturated rings. The normalized spacial score (nSPS) is 29.2. The van der Waals surface area contributed by atoms with Crippen LogP contribution in [0, 0.1) is 17.8 Å². The van der Waals surface area contributed by atoms with E-state index in [1.807, 2.05) is 33.8 Å². The third-order valence-electron chi connectivity index (χ3n) is 6.10. The fraction of sp³-hybridized carbons (Fsp3) is 0.708. The highest BCUT2D eigenvalue weighted by Gasteiger charge is 2.59. The van der Waals surface area contributed by atoms with Gasteiger partial charge in [-0.1, -0.05) is 34.1 Å².